The molecule has 7 nitrogen and oxygen atoms in total. The zero-order valence-corrected chi connectivity index (χ0v) is 23.2. The van der Waals surface area contributed by atoms with E-state index in [1.54, 1.807) is 23.2 Å². The molecule has 0 radical (unpaired) electrons. The average Bonchev–Trinajstić information content (AvgIpc) is 2.99. The van der Waals surface area contributed by atoms with Crippen molar-refractivity contribution in [2.45, 2.75) is 45.6 Å². The van der Waals surface area contributed by atoms with Gasteiger partial charge in [0.25, 0.3) is 5.91 Å². The minimum atomic E-state index is -0.145. The first-order chi connectivity index (χ1) is 19.4. The van der Waals surface area contributed by atoms with Gasteiger partial charge in [0.05, 0.1) is 0 Å². The number of nitrogen functional groups attached to an aromatic ring is 1. The zero-order valence-electron chi connectivity index (χ0n) is 23.2. The van der Waals surface area contributed by atoms with E-state index in [1.807, 2.05) is 43.3 Å². The second kappa shape index (κ2) is 12.6. The van der Waals surface area contributed by atoms with Crippen molar-refractivity contribution in [2.75, 3.05) is 31.9 Å². The van der Waals surface area contributed by atoms with Crippen molar-refractivity contribution in [3.8, 4) is 0 Å². The number of piperidine rings is 2. The number of Topliss-reactive ketones (excluding diaryl/α,β-unsaturated/α-hetero) is 2. The van der Waals surface area contributed by atoms with Crippen LogP contribution in [0.1, 0.15) is 74.4 Å². The number of hydrogen-bond acceptors (Lipinski definition) is 6. The molecule has 3 aromatic rings. The highest BCUT2D eigenvalue weighted by atomic mass is 16.2. The number of hydrogen-bond donors (Lipinski definition) is 1. The SMILES string of the molecule is Cc1ccc(C(=O)C2CCN(C(=O)c3ccc(C(=O)CC4CCN(Cc5ccc(N)cc5)CC4)cn3)CC2)cc1. The van der Waals surface area contributed by atoms with E-state index >= 15 is 0 Å². The molecule has 5 rings (SSSR count). The van der Waals surface area contributed by atoms with Gasteiger partial charge in [-0.3, -0.25) is 24.3 Å². The Kier molecular flexibility index (Phi) is 8.70. The van der Waals surface area contributed by atoms with Gasteiger partial charge in [-0.05, 0) is 81.4 Å². The largest absolute Gasteiger partial charge is 0.399 e. The van der Waals surface area contributed by atoms with Crippen molar-refractivity contribution < 1.29 is 14.4 Å². The molecule has 0 spiro atoms. The Hall–Kier alpha value is -3.84. The standard InChI is InChI=1S/C33H38N4O3/c1-23-2-6-26(7-3-23)32(39)27-14-18-37(19-15-27)33(40)30-11-8-28(21-35-30)31(38)20-24-12-16-36(17-13-24)22-25-4-9-29(34)10-5-25/h2-11,21,24,27H,12-20,22,34H2,1H3. The van der Waals surface area contributed by atoms with Gasteiger partial charge in [-0.2, -0.15) is 0 Å². The van der Waals surface area contributed by atoms with Crippen LogP contribution in [0.25, 0.3) is 0 Å². The molecule has 40 heavy (non-hydrogen) atoms. The number of nitrogens with zero attached hydrogens (tertiary/aromatic N) is 3. The molecule has 2 N–H and O–H groups in total. The number of rotatable bonds is 8. The summed E-state index contributed by atoms with van der Waals surface area (Å²) in [5.41, 5.74) is 10.6. The first kappa shape index (κ1) is 27.7. The summed E-state index contributed by atoms with van der Waals surface area (Å²) in [6, 6.07) is 19.1. The number of carbonyl (C=O) groups excluding carboxylic acids is 3. The van der Waals surface area contributed by atoms with Gasteiger partial charge in [0.1, 0.15) is 5.69 Å². The highest BCUT2D eigenvalue weighted by Crippen LogP contribution is 2.25. The van der Waals surface area contributed by atoms with Gasteiger partial charge < -0.3 is 10.6 Å². The molecular weight excluding hydrogens is 500 g/mol. The lowest BCUT2D eigenvalue weighted by Crippen LogP contribution is -2.40. The van der Waals surface area contributed by atoms with Crippen LogP contribution in [0, 0.1) is 18.8 Å². The van der Waals surface area contributed by atoms with Crippen molar-refractivity contribution in [1.29, 1.82) is 0 Å². The number of carbonyl (C=O) groups is 3. The first-order valence-corrected chi connectivity index (χ1v) is 14.3. The molecule has 1 aromatic heterocycles. The van der Waals surface area contributed by atoms with Crippen LogP contribution in [0.3, 0.4) is 0 Å². The Morgan fingerprint density at radius 1 is 0.825 bits per heavy atom. The molecule has 2 saturated heterocycles. The van der Waals surface area contributed by atoms with E-state index in [-0.39, 0.29) is 23.4 Å². The normalized spacial score (nSPS) is 17.1. The third kappa shape index (κ3) is 6.83. The van der Waals surface area contributed by atoms with E-state index in [0.717, 1.165) is 49.3 Å². The van der Waals surface area contributed by atoms with Crippen LogP contribution < -0.4 is 5.73 Å². The number of anilines is 1. The van der Waals surface area contributed by atoms with Crippen LogP contribution in [0.15, 0.2) is 66.9 Å². The summed E-state index contributed by atoms with van der Waals surface area (Å²) >= 11 is 0. The summed E-state index contributed by atoms with van der Waals surface area (Å²) in [7, 11) is 0. The molecule has 0 unspecified atom stereocenters. The summed E-state index contributed by atoms with van der Waals surface area (Å²) in [6.07, 6.45) is 5.33. The molecule has 208 valence electrons. The third-order valence-corrected chi connectivity index (χ3v) is 8.36. The summed E-state index contributed by atoms with van der Waals surface area (Å²) in [6.45, 7) is 5.91. The predicted molar refractivity (Wildman–Crippen MR) is 156 cm³/mol. The maximum Gasteiger partial charge on any atom is 0.272 e. The second-order valence-electron chi connectivity index (χ2n) is 11.3. The fourth-order valence-corrected chi connectivity index (χ4v) is 5.76. The van der Waals surface area contributed by atoms with Gasteiger partial charge in [-0.25, -0.2) is 0 Å². The molecule has 0 saturated carbocycles. The maximum absolute atomic E-state index is 13.0. The number of ketones is 2. The lowest BCUT2D eigenvalue weighted by Gasteiger charge is -2.31. The Morgan fingerprint density at radius 2 is 1.48 bits per heavy atom. The molecular formula is C33H38N4O3. The van der Waals surface area contributed by atoms with Crippen molar-refractivity contribution in [3.63, 3.8) is 0 Å². The molecule has 2 aliphatic rings. The second-order valence-corrected chi connectivity index (χ2v) is 11.3. The zero-order chi connectivity index (χ0) is 28.1. The molecule has 0 aliphatic carbocycles. The highest BCUT2D eigenvalue weighted by molar-refractivity contribution is 5.99. The van der Waals surface area contributed by atoms with Gasteiger partial charge in [-0.1, -0.05) is 42.0 Å². The first-order valence-electron chi connectivity index (χ1n) is 14.3. The van der Waals surface area contributed by atoms with Gasteiger partial charge in [-0.15, -0.1) is 0 Å². The monoisotopic (exact) mass is 538 g/mol. The Balaban J connectivity index is 1.07. The van der Waals surface area contributed by atoms with E-state index in [0.29, 0.717) is 49.5 Å². The van der Waals surface area contributed by atoms with Crippen molar-refractivity contribution in [3.05, 3.63) is 94.8 Å². The average molecular weight is 539 g/mol. The minimum absolute atomic E-state index is 0.0655. The number of pyridine rings is 1. The summed E-state index contributed by atoms with van der Waals surface area (Å²) in [4.78, 5) is 47.4. The third-order valence-electron chi connectivity index (χ3n) is 8.36. The fraction of sp³-hybridized carbons (Fsp3) is 0.394. The van der Waals surface area contributed by atoms with E-state index in [2.05, 4.69) is 22.0 Å². The number of aryl methyl sites for hydroxylation is 1. The van der Waals surface area contributed by atoms with Crippen molar-refractivity contribution >= 4 is 23.2 Å². The molecule has 0 atom stereocenters. The summed E-state index contributed by atoms with van der Waals surface area (Å²) < 4.78 is 0. The number of benzene rings is 2. The van der Waals surface area contributed by atoms with E-state index in [1.165, 1.54) is 5.56 Å². The van der Waals surface area contributed by atoms with Crippen LogP contribution in [-0.4, -0.2) is 58.4 Å². The Labute approximate surface area is 236 Å². The van der Waals surface area contributed by atoms with Crippen LogP contribution in [0.5, 0.6) is 0 Å². The topological polar surface area (TPSA) is 96.6 Å². The van der Waals surface area contributed by atoms with E-state index < -0.39 is 0 Å². The minimum Gasteiger partial charge on any atom is -0.399 e. The highest BCUT2D eigenvalue weighted by Gasteiger charge is 2.29. The van der Waals surface area contributed by atoms with Crippen LogP contribution in [-0.2, 0) is 6.54 Å². The molecule has 1 amide bonds. The number of amides is 1. The number of nitrogens with two attached hydrogens (primary N) is 1. The van der Waals surface area contributed by atoms with E-state index in [4.69, 9.17) is 5.73 Å². The van der Waals surface area contributed by atoms with Crippen molar-refractivity contribution in [1.82, 2.24) is 14.8 Å². The van der Waals surface area contributed by atoms with Crippen LogP contribution in [0.2, 0.25) is 0 Å². The number of aromatic nitrogens is 1. The quantitative estimate of drug-likeness (QED) is 0.313. The predicted octanol–water partition coefficient (Wildman–Crippen LogP) is 5.19. The fourth-order valence-electron chi connectivity index (χ4n) is 5.76. The molecule has 2 aliphatic heterocycles. The molecule has 3 heterocycles. The summed E-state index contributed by atoms with van der Waals surface area (Å²) in [5, 5.41) is 0. The smallest absolute Gasteiger partial charge is 0.272 e. The lowest BCUT2D eigenvalue weighted by atomic mass is 9.88. The van der Waals surface area contributed by atoms with Crippen LogP contribution in [0.4, 0.5) is 5.69 Å². The summed E-state index contributed by atoms with van der Waals surface area (Å²) in [5.74, 6) is 0.387. The van der Waals surface area contributed by atoms with E-state index in [9.17, 15) is 14.4 Å². The van der Waals surface area contributed by atoms with Crippen LogP contribution >= 0.6 is 0 Å². The van der Waals surface area contributed by atoms with Gasteiger partial charge in [0.15, 0.2) is 11.6 Å². The molecule has 2 aromatic carbocycles. The van der Waals surface area contributed by atoms with Gasteiger partial charge in [0, 0.05) is 55.0 Å². The van der Waals surface area contributed by atoms with Gasteiger partial charge in [0.2, 0.25) is 0 Å². The number of likely N-dealkylation sites (tertiary alicyclic amines) is 2. The Morgan fingerprint density at radius 3 is 2.10 bits per heavy atom. The Bertz CT molecular complexity index is 1320. The maximum atomic E-state index is 13.0. The lowest BCUT2D eigenvalue weighted by molar-refractivity contribution is 0.0645. The van der Waals surface area contributed by atoms with Gasteiger partial charge >= 0.3 is 0 Å². The molecule has 0 bridgehead atoms. The molecule has 7 heteroatoms. The molecule has 2 fully saturated rings. The van der Waals surface area contributed by atoms with Crippen molar-refractivity contribution in [2.24, 2.45) is 11.8 Å².